The lowest BCUT2D eigenvalue weighted by molar-refractivity contribution is 0.393. The largest absolute Gasteiger partial charge is 0.497 e. The number of hydrogen-bond acceptors (Lipinski definition) is 3. The number of ether oxygens (including phenoxy) is 2. The molecule has 0 spiro atoms. The van der Waals surface area contributed by atoms with Crippen molar-refractivity contribution >= 4 is 0 Å². The van der Waals surface area contributed by atoms with Crippen LogP contribution in [-0.4, -0.2) is 27.8 Å². The SMILES string of the molecule is CNCC1CC1(C)c1cc(OC)ccc1OC. The summed E-state index contributed by atoms with van der Waals surface area (Å²) in [6.45, 7) is 3.35. The van der Waals surface area contributed by atoms with Crippen LogP contribution in [0.1, 0.15) is 18.9 Å². The quantitative estimate of drug-likeness (QED) is 0.848. The van der Waals surface area contributed by atoms with Gasteiger partial charge in [-0.3, -0.25) is 0 Å². The van der Waals surface area contributed by atoms with Gasteiger partial charge in [-0.05, 0) is 44.1 Å². The lowest BCUT2D eigenvalue weighted by Crippen LogP contribution is -2.16. The predicted molar refractivity (Wildman–Crippen MR) is 68.9 cm³/mol. The smallest absolute Gasteiger partial charge is 0.122 e. The molecule has 0 heterocycles. The minimum absolute atomic E-state index is 0.225. The highest BCUT2D eigenvalue weighted by Crippen LogP contribution is 2.56. The average molecular weight is 235 g/mol. The van der Waals surface area contributed by atoms with Crippen LogP contribution in [0.25, 0.3) is 0 Å². The Morgan fingerprint density at radius 3 is 2.71 bits per heavy atom. The normalized spacial score (nSPS) is 26.7. The van der Waals surface area contributed by atoms with Crippen molar-refractivity contribution in [1.29, 1.82) is 0 Å². The Morgan fingerprint density at radius 2 is 2.12 bits per heavy atom. The third-order valence-corrected chi connectivity index (χ3v) is 3.88. The van der Waals surface area contributed by atoms with Crippen LogP contribution in [0.3, 0.4) is 0 Å². The second-order valence-corrected chi connectivity index (χ2v) is 4.94. The van der Waals surface area contributed by atoms with E-state index in [4.69, 9.17) is 9.47 Å². The molecule has 1 aliphatic rings. The van der Waals surface area contributed by atoms with E-state index in [1.54, 1.807) is 14.2 Å². The molecule has 0 bridgehead atoms. The van der Waals surface area contributed by atoms with E-state index >= 15 is 0 Å². The van der Waals surface area contributed by atoms with Gasteiger partial charge in [-0.2, -0.15) is 0 Å². The summed E-state index contributed by atoms with van der Waals surface area (Å²) in [5.74, 6) is 2.55. The van der Waals surface area contributed by atoms with Gasteiger partial charge in [-0.15, -0.1) is 0 Å². The van der Waals surface area contributed by atoms with E-state index in [-0.39, 0.29) is 5.41 Å². The number of nitrogens with one attached hydrogen (secondary N) is 1. The lowest BCUT2D eigenvalue weighted by atomic mass is 9.94. The minimum Gasteiger partial charge on any atom is -0.497 e. The van der Waals surface area contributed by atoms with Crippen molar-refractivity contribution in [1.82, 2.24) is 5.32 Å². The number of benzene rings is 1. The van der Waals surface area contributed by atoms with Crippen LogP contribution in [0.4, 0.5) is 0 Å². The molecule has 1 N–H and O–H groups in total. The van der Waals surface area contributed by atoms with Crippen LogP contribution in [0.2, 0.25) is 0 Å². The first kappa shape index (κ1) is 12.2. The highest BCUT2D eigenvalue weighted by atomic mass is 16.5. The van der Waals surface area contributed by atoms with Gasteiger partial charge < -0.3 is 14.8 Å². The number of hydrogen-bond donors (Lipinski definition) is 1. The van der Waals surface area contributed by atoms with Crippen molar-refractivity contribution in [2.75, 3.05) is 27.8 Å². The van der Waals surface area contributed by atoms with Crippen LogP contribution in [0.15, 0.2) is 18.2 Å². The molecule has 2 unspecified atom stereocenters. The van der Waals surface area contributed by atoms with Crippen molar-refractivity contribution in [2.24, 2.45) is 5.92 Å². The van der Waals surface area contributed by atoms with Crippen LogP contribution in [-0.2, 0) is 5.41 Å². The Morgan fingerprint density at radius 1 is 1.35 bits per heavy atom. The molecular formula is C14H21NO2. The van der Waals surface area contributed by atoms with Crippen molar-refractivity contribution in [3.8, 4) is 11.5 Å². The molecule has 1 aromatic carbocycles. The molecule has 94 valence electrons. The maximum Gasteiger partial charge on any atom is 0.122 e. The third kappa shape index (κ3) is 2.12. The fourth-order valence-electron chi connectivity index (χ4n) is 2.59. The van der Waals surface area contributed by atoms with Gasteiger partial charge in [0.25, 0.3) is 0 Å². The van der Waals surface area contributed by atoms with Gasteiger partial charge in [0, 0.05) is 11.0 Å². The molecule has 0 aliphatic heterocycles. The maximum absolute atomic E-state index is 5.46. The van der Waals surface area contributed by atoms with Gasteiger partial charge in [0.2, 0.25) is 0 Å². The summed E-state index contributed by atoms with van der Waals surface area (Å²) in [6, 6.07) is 6.05. The summed E-state index contributed by atoms with van der Waals surface area (Å²) >= 11 is 0. The summed E-state index contributed by atoms with van der Waals surface area (Å²) in [7, 11) is 5.43. The Hall–Kier alpha value is -1.22. The fraction of sp³-hybridized carbons (Fsp3) is 0.571. The predicted octanol–water partition coefficient (Wildman–Crippen LogP) is 2.20. The van der Waals surface area contributed by atoms with E-state index in [0.717, 1.165) is 18.0 Å². The first-order chi connectivity index (χ1) is 8.15. The first-order valence-corrected chi connectivity index (χ1v) is 6.03. The molecule has 0 amide bonds. The summed E-state index contributed by atoms with van der Waals surface area (Å²) < 4.78 is 10.8. The Labute approximate surface area is 103 Å². The zero-order valence-electron chi connectivity index (χ0n) is 11.0. The van der Waals surface area contributed by atoms with Gasteiger partial charge in [-0.25, -0.2) is 0 Å². The van der Waals surface area contributed by atoms with Crippen molar-refractivity contribution in [2.45, 2.75) is 18.8 Å². The zero-order valence-corrected chi connectivity index (χ0v) is 11.0. The number of methoxy groups -OCH3 is 2. The minimum atomic E-state index is 0.225. The lowest BCUT2D eigenvalue weighted by Gasteiger charge is -2.17. The number of rotatable bonds is 5. The third-order valence-electron chi connectivity index (χ3n) is 3.88. The Kier molecular flexibility index (Phi) is 3.29. The van der Waals surface area contributed by atoms with E-state index in [1.807, 2.05) is 19.2 Å². The van der Waals surface area contributed by atoms with E-state index in [2.05, 4.69) is 18.3 Å². The monoisotopic (exact) mass is 235 g/mol. The molecule has 1 fully saturated rings. The summed E-state index contributed by atoms with van der Waals surface area (Å²) in [4.78, 5) is 0. The van der Waals surface area contributed by atoms with Gasteiger partial charge in [0.05, 0.1) is 14.2 Å². The molecule has 1 aromatic rings. The molecule has 0 radical (unpaired) electrons. The molecule has 1 aliphatic carbocycles. The average Bonchev–Trinajstić information content (AvgIpc) is 3.01. The highest BCUT2D eigenvalue weighted by molar-refractivity contribution is 5.48. The van der Waals surface area contributed by atoms with E-state index in [0.29, 0.717) is 5.92 Å². The van der Waals surface area contributed by atoms with Crippen molar-refractivity contribution < 1.29 is 9.47 Å². The molecule has 0 saturated heterocycles. The van der Waals surface area contributed by atoms with Crippen molar-refractivity contribution in [3.05, 3.63) is 23.8 Å². The van der Waals surface area contributed by atoms with Crippen LogP contribution in [0, 0.1) is 5.92 Å². The van der Waals surface area contributed by atoms with Gasteiger partial charge in [0.1, 0.15) is 11.5 Å². The molecule has 2 rings (SSSR count). The van der Waals surface area contributed by atoms with Crippen molar-refractivity contribution in [3.63, 3.8) is 0 Å². The van der Waals surface area contributed by atoms with Crippen LogP contribution >= 0.6 is 0 Å². The van der Waals surface area contributed by atoms with E-state index in [1.165, 1.54) is 12.0 Å². The maximum atomic E-state index is 5.46. The molecule has 2 atom stereocenters. The van der Waals surface area contributed by atoms with Crippen LogP contribution < -0.4 is 14.8 Å². The summed E-state index contributed by atoms with van der Waals surface area (Å²) in [6.07, 6.45) is 1.21. The molecule has 3 nitrogen and oxygen atoms in total. The van der Waals surface area contributed by atoms with Crippen LogP contribution in [0.5, 0.6) is 11.5 Å². The molecule has 0 aromatic heterocycles. The Bertz CT molecular complexity index is 405. The molecule has 1 saturated carbocycles. The topological polar surface area (TPSA) is 30.5 Å². The first-order valence-electron chi connectivity index (χ1n) is 6.03. The standard InChI is InChI=1S/C14H21NO2/c1-14(8-10(14)9-15-2)12-7-11(16-3)5-6-13(12)17-4/h5-7,10,15H,8-9H2,1-4H3. The second kappa shape index (κ2) is 4.57. The van der Waals surface area contributed by atoms with E-state index in [9.17, 15) is 0 Å². The second-order valence-electron chi connectivity index (χ2n) is 4.94. The summed E-state index contributed by atoms with van der Waals surface area (Å²) in [5.41, 5.74) is 1.49. The molecular weight excluding hydrogens is 214 g/mol. The van der Waals surface area contributed by atoms with Gasteiger partial charge in [0.15, 0.2) is 0 Å². The molecule has 17 heavy (non-hydrogen) atoms. The zero-order chi connectivity index (χ0) is 12.5. The Balaban J connectivity index is 2.31. The summed E-state index contributed by atoms with van der Waals surface area (Å²) in [5, 5.41) is 3.25. The highest BCUT2D eigenvalue weighted by Gasteiger charge is 2.52. The van der Waals surface area contributed by atoms with Gasteiger partial charge in [-0.1, -0.05) is 6.92 Å². The van der Waals surface area contributed by atoms with Gasteiger partial charge >= 0.3 is 0 Å². The van der Waals surface area contributed by atoms with E-state index < -0.39 is 0 Å². The molecule has 3 heteroatoms. The fourth-order valence-corrected chi connectivity index (χ4v) is 2.59.